The number of amides is 4. The van der Waals surface area contributed by atoms with E-state index in [9.17, 15) is 14.4 Å². The van der Waals surface area contributed by atoms with E-state index in [1.807, 2.05) is 44.2 Å². The van der Waals surface area contributed by atoms with Gasteiger partial charge in [0.1, 0.15) is 18.8 Å². The van der Waals surface area contributed by atoms with E-state index in [0.717, 1.165) is 16.0 Å². The first-order valence-electron chi connectivity index (χ1n) is 11.8. The van der Waals surface area contributed by atoms with Gasteiger partial charge >= 0.3 is 6.03 Å². The van der Waals surface area contributed by atoms with Gasteiger partial charge in [-0.1, -0.05) is 59.1 Å². The Hall–Kier alpha value is -4.01. The molecule has 4 rings (SSSR count). The molecule has 1 aliphatic heterocycles. The molecule has 0 bridgehead atoms. The summed E-state index contributed by atoms with van der Waals surface area (Å²) in [5.74, 6) is -0.445. The van der Waals surface area contributed by atoms with Crippen LogP contribution in [0.4, 0.5) is 10.5 Å². The van der Waals surface area contributed by atoms with Crippen LogP contribution in [-0.4, -0.2) is 35.9 Å². The Morgan fingerprint density at radius 1 is 1.03 bits per heavy atom. The van der Waals surface area contributed by atoms with E-state index >= 15 is 0 Å². The van der Waals surface area contributed by atoms with E-state index in [1.54, 1.807) is 30.3 Å². The number of imide groups is 1. The lowest BCUT2D eigenvalue weighted by molar-refractivity contribution is -0.127. The minimum absolute atomic E-state index is 0.00128. The molecular formula is C28H25Cl2N3O5. The second kappa shape index (κ2) is 12.0. The lowest BCUT2D eigenvalue weighted by Gasteiger charge is -2.15. The van der Waals surface area contributed by atoms with E-state index in [4.69, 9.17) is 32.7 Å². The molecule has 0 spiro atoms. The number of halogens is 2. The molecule has 196 valence electrons. The summed E-state index contributed by atoms with van der Waals surface area (Å²) in [5, 5.41) is 6.00. The van der Waals surface area contributed by atoms with Crippen molar-refractivity contribution in [3.05, 3.63) is 93.1 Å². The first-order chi connectivity index (χ1) is 18.2. The third-order valence-electron chi connectivity index (χ3n) is 5.57. The normalized spacial score (nSPS) is 14.0. The van der Waals surface area contributed by atoms with Gasteiger partial charge in [0.05, 0.1) is 11.6 Å². The first kappa shape index (κ1) is 27.0. The molecule has 1 fully saturated rings. The Kier molecular flexibility index (Phi) is 8.55. The van der Waals surface area contributed by atoms with Crippen molar-refractivity contribution >= 4 is 52.8 Å². The minimum atomic E-state index is -0.698. The SMILES string of the molecule is CCOc1cc(/C=C2/NC(=O)N(CC(=O)Nc3ccc(C)cc3)C2=O)cc(Cl)c1OCc1ccccc1Cl. The maximum Gasteiger partial charge on any atom is 0.329 e. The van der Waals surface area contributed by atoms with Crippen molar-refractivity contribution in [3.63, 3.8) is 0 Å². The van der Waals surface area contributed by atoms with E-state index in [0.29, 0.717) is 34.4 Å². The number of urea groups is 1. The zero-order valence-electron chi connectivity index (χ0n) is 20.7. The molecule has 3 aromatic carbocycles. The van der Waals surface area contributed by atoms with Gasteiger partial charge in [-0.3, -0.25) is 9.59 Å². The molecule has 0 atom stereocenters. The van der Waals surface area contributed by atoms with Crippen LogP contribution in [-0.2, 0) is 16.2 Å². The molecule has 0 saturated carbocycles. The highest BCUT2D eigenvalue weighted by molar-refractivity contribution is 6.32. The smallest absolute Gasteiger partial charge is 0.329 e. The standard InChI is InChI=1S/C28H25Cl2N3O5/c1-3-37-24-14-18(12-22(30)26(24)38-16-19-6-4-5-7-21(19)29)13-23-27(35)33(28(36)32-23)15-25(34)31-20-10-8-17(2)9-11-20/h4-14H,3,15-16H2,1-2H3,(H,31,34)(H,32,36)/b23-13+. The Balaban J connectivity index is 1.49. The molecule has 3 aromatic rings. The van der Waals surface area contributed by atoms with Crippen molar-refractivity contribution in [2.45, 2.75) is 20.5 Å². The van der Waals surface area contributed by atoms with Crippen LogP contribution in [0.1, 0.15) is 23.6 Å². The van der Waals surface area contributed by atoms with Gasteiger partial charge < -0.3 is 20.1 Å². The molecule has 0 aliphatic carbocycles. The number of ether oxygens (including phenoxy) is 2. The number of hydrogen-bond acceptors (Lipinski definition) is 5. The van der Waals surface area contributed by atoms with Gasteiger partial charge in [-0.25, -0.2) is 9.69 Å². The second-order valence-corrected chi connectivity index (χ2v) is 9.25. The van der Waals surface area contributed by atoms with Crippen LogP contribution >= 0.6 is 23.2 Å². The lowest BCUT2D eigenvalue weighted by atomic mass is 10.1. The first-order valence-corrected chi connectivity index (χ1v) is 12.5. The molecule has 1 saturated heterocycles. The number of nitrogens with zero attached hydrogens (tertiary/aromatic N) is 1. The largest absolute Gasteiger partial charge is 0.490 e. The fourth-order valence-electron chi connectivity index (χ4n) is 3.70. The summed E-state index contributed by atoms with van der Waals surface area (Å²) in [5.41, 5.74) is 2.89. The van der Waals surface area contributed by atoms with Crippen LogP contribution in [0.25, 0.3) is 6.08 Å². The molecule has 4 amide bonds. The summed E-state index contributed by atoms with van der Waals surface area (Å²) in [6.07, 6.45) is 1.46. The molecule has 0 aromatic heterocycles. The molecule has 2 N–H and O–H groups in total. The van der Waals surface area contributed by atoms with Gasteiger partial charge in [-0.2, -0.15) is 0 Å². The van der Waals surface area contributed by atoms with Crippen LogP contribution in [0.2, 0.25) is 10.0 Å². The molecule has 1 aliphatic rings. The molecule has 0 radical (unpaired) electrons. The zero-order chi connectivity index (χ0) is 27.2. The quantitative estimate of drug-likeness (QED) is 0.257. The number of anilines is 1. The molecule has 0 unspecified atom stereocenters. The summed E-state index contributed by atoms with van der Waals surface area (Å²) in [6.45, 7) is 3.83. The monoisotopic (exact) mass is 553 g/mol. The molecule has 10 heteroatoms. The van der Waals surface area contributed by atoms with Crippen LogP contribution < -0.4 is 20.1 Å². The minimum Gasteiger partial charge on any atom is -0.490 e. The van der Waals surface area contributed by atoms with Gasteiger partial charge in [-0.15, -0.1) is 0 Å². The number of nitrogens with one attached hydrogen (secondary N) is 2. The van der Waals surface area contributed by atoms with Crippen LogP contribution in [0.15, 0.2) is 66.4 Å². The molecule has 8 nitrogen and oxygen atoms in total. The molecular weight excluding hydrogens is 529 g/mol. The summed E-state index contributed by atoms with van der Waals surface area (Å²) in [7, 11) is 0. The molecule has 38 heavy (non-hydrogen) atoms. The Labute approximate surface area is 230 Å². The summed E-state index contributed by atoms with van der Waals surface area (Å²) < 4.78 is 11.6. The van der Waals surface area contributed by atoms with Crippen molar-refractivity contribution < 1.29 is 23.9 Å². The Bertz CT molecular complexity index is 1410. The topological polar surface area (TPSA) is 97.0 Å². The van der Waals surface area contributed by atoms with E-state index < -0.39 is 24.4 Å². The fourth-order valence-corrected chi connectivity index (χ4v) is 4.17. The van der Waals surface area contributed by atoms with Gasteiger partial charge in [0.25, 0.3) is 5.91 Å². The van der Waals surface area contributed by atoms with Gasteiger partial charge in [0.2, 0.25) is 5.91 Å². The predicted octanol–water partition coefficient (Wildman–Crippen LogP) is 5.81. The third kappa shape index (κ3) is 6.45. The predicted molar refractivity (Wildman–Crippen MR) is 146 cm³/mol. The zero-order valence-corrected chi connectivity index (χ0v) is 22.2. The van der Waals surface area contributed by atoms with E-state index in [-0.39, 0.29) is 17.3 Å². The second-order valence-electron chi connectivity index (χ2n) is 8.44. The number of carbonyl (C=O) groups is 3. The van der Waals surface area contributed by atoms with Crippen molar-refractivity contribution in [3.8, 4) is 11.5 Å². The van der Waals surface area contributed by atoms with Gasteiger partial charge in [0, 0.05) is 16.3 Å². The Morgan fingerprint density at radius 3 is 2.47 bits per heavy atom. The van der Waals surface area contributed by atoms with Crippen molar-refractivity contribution in [1.82, 2.24) is 10.2 Å². The number of rotatable bonds is 9. The fraction of sp³-hybridized carbons (Fsp3) is 0.179. The highest BCUT2D eigenvalue weighted by Gasteiger charge is 2.35. The maximum atomic E-state index is 12.9. The summed E-state index contributed by atoms with van der Waals surface area (Å²) in [4.78, 5) is 38.6. The highest BCUT2D eigenvalue weighted by atomic mass is 35.5. The van der Waals surface area contributed by atoms with Crippen LogP contribution in [0, 0.1) is 6.92 Å². The third-order valence-corrected chi connectivity index (χ3v) is 6.22. The summed E-state index contributed by atoms with van der Waals surface area (Å²) >= 11 is 12.7. The van der Waals surface area contributed by atoms with Gasteiger partial charge in [-0.05, 0) is 55.8 Å². The average molecular weight is 554 g/mol. The number of benzene rings is 3. The lowest BCUT2D eigenvalue weighted by Crippen LogP contribution is -2.38. The highest BCUT2D eigenvalue weighted by Crippen LogP contribution is 2.38. The maximum absolute atomic E-state index is 12.9. The molecule has 1 heterocycles. The number of aryl methyl sites for hydroxylation is 1. The summed E-state index contributed by atoms with van der Waals surface area (Å²) in [6, 6.07) is 17.0. The van der Waals surface area contributed by atoms with Crippen molar-refractivity contribution in [2.24, 2.45) is 0 Å². The van der Waals surface area contributed by atoms with Crippen molar-refractivity contribution in [2.75, 3.05) is 18.5 Å². The van der Waals surface area contributed by atoms with Gasteiger partial charge in [0.15, 0.2) is 11.5 Å². The Morgan fingerprint density at radius 2 is 1.76 bits per heavy atom. The number of hydrogen-bond donors (Lipinski definition) is 2. The van der Waals surface area contributed by atoms with E-state index in [2.05, 4.69) is 10.6 Å². The van der Waals surface area contributed by atoms with Crippen molar-refractivity contribution in [1.29, 1.82) is 0 Å². The number of carbonyl (C=O) groups excluding carboxylic acids is 3. The van der Waals surface area contributed by atoms with Crippen LogP contribution in [0.5, 0.6) is 11.5 Å². The van der Waals surface area contributed by atoms with Crippen LogP contribution in [0.3, 0.4) is 0 Å². The van der Waals surface area contributed by atoms with E-state index in [1.165, 1.54) is 6.08 Å². The average Bonchev–Trinajstić information content (AvgIpc) is 3.13.